The highest BCUT2D eigenvalue weighted by molar-refractivity contribution is 5.74. The van der Waals surface area contributed by atoms with E-state index in [1.807, 2.05) is 6.07 Å². The zero-order valence-electron chi connectivity index (χ0n) is 8.53. The first-order valence-corrected chi connectivity index (χ1v) is 5.44. The van der Waals surface area contributed by atoms with Gasteiger partial charge in [0.1, 0.15) is 5.82 Å². The number of nitrogens with two attached hydrogens (primary N) is 1. The van der Waals surface area contributed by atoms with Gasteiger partial charge in [-0.3, -0.25) is 0 Å². The molecule has 1 saturated carbocycles. The first-order chi connectivity index (χ1) is 7.33. The molecule has 4 nitrogen and oxygen atoms in total. The van der Waals surface area contributed by atoms with E-state index in [1.54, 1.807) is 6.20 Å². The van der Waals surface area contributed by atoms with E-state index in [2.05, 4.69) is 15.0 Å². The molecule has 0 bridgehead atoms. The van der Waals surface area contributed by atoms with Gasteiger partial charge in [-0.05, 0) is 18.9 Å². The Hall–Kier alpha value is -1.58. The molecule has 2 heterocycles. The summed E-state index contributed by atoms with van der Waals surface area (Å²) in [5.74, 6) is 1.68. The number of aromatic nitrogens is 3. The van der Waals surface area contributed by atoms with Gasteiger partial charge in [0, 0.05) is 5.92 Å². The minimum absolute atomic E-state index is 0.598. The third-order valence-corrected chi connectivity index (χ3v) is 3.12. The highest BCUT2D eigenvalue weighted by Gasteiger charge is 2.20. The Bertz CT molecular complexity index is 482. The lowest BCUT2D eigenvalue weighted by atomic mass is 10.1. The predicted molar refractivity (Wildman–Crippen MR) is 59.5 cm³/mol. The largest absolute Gasteiger partial charge is 0.397 e. The van der Waals surface area contributed by atoms with Gasteiger partial charge < -0.3 is 10.7 Å². The van der Waals surface area contributed by atoms with Crippen molar-refractivity contribution >= 4 is 16.9 Å². The summed E-state index contributed by atoms with van der Waals surface area (Å²) in [6, 6.07) is 1.90. The Kier molecular flexibility index (Phi) is 1.87. The number of nitrogens with one attached hydrogen (secondary N) is 1. The van der Waals surface area contributed by atoms with Crippen molar-refractivity contribution in [1.82, 2.24) is 15.0 Å². The molecule has 0 aliphatic heterocycles. The molecule has 15 heavy (non-hydrogen) atoms. The lowest BCUT2D eigenvalue weighted by molar-refractivity contribution is 0.681. The summed E-state index contributed by atoms with van der Waals surface area (Å²) in [6.07, 6.45) is 6.78. The van der Waals surface area contributed by atoms with Crippen molar-refractivity contribution in [2.24, 2.45) is 0 Å². The van der Waals surface area contributed by atoms with Crippen LogP contribution < -0.4 is 5.73 Å². The molecule has 2 aromatic rings. The van der Waals surface area contributed by atoms with Crippen molar-refractivity contribution in [3.8, 4) is 0 Å². The SMILES string of the molecule is Nc1cnc2nc(C3CCCC3)[nH]c2c1. The van der Waals surface area contributed by atoms with Gasteiger partial charge in [0.05, 0.1) is 17.4 Å². The fourth-order valence-electron chi connectivity index (χ4n) is 2.33. The minimum Gasteiger partial charge on any atom is -0.397 e. The monoisotopic (exact) mass is 202 g/mol. The zero-order chi connectivity index (χ0) is 10.3. The third kappa shape index (κ3) is 1.46. The molecule has 4 heteroatoms. The van der Waals surface area contributed by atoms with Crippen LogP contribution in [0.5, 0.6) is 0 Å². The number of hydrogen-bond donors (Lipinski definition) is 2. The summed E-state index contributed by atoms with van der Waals surface area (Å²) < 4.78 is 0. The van der Waals surface area contributed by atoms with E-state index in [4.69, 9.17) is 5.73 Å². The van der Waals surface area contributed by atoms with Crippen LogP contribution in [0, 0.1) is 0 Å². The van der Waals surface area contributed by atoms with E-state index < -0.39 is 0 Å². The highest BCUT2D eigenvalue weighted by atomic mass is 15.0. The third-order valence-electron chi connectivity index (χ3n) is 3.12. The van der Waals surface area contributed by atoms with Gasteiger partial charge in [0.15, 0.2) is 5.65 Å². The molecule has 0 atom stereocenters. The van der Waals surface area contributed by atoms with Crippen molar-refractivity contribution in [1.29, 1.82) is 0 Å². The van der Waals surface area contributed by atoms with E-state index in [0.29, 0.717) is 11.6 Å². The Balaban J connectivity index is 2.05. The smallest absolute Gasteiger partial charge is 0.177 e. The maximum absolute atomic E-state index is 5.68. The average molecular weight is 202 g/mol. The Morgan fingerprint density at radius 2 is 2.13 bits per heavy atom. The van der Waals surface area contributed by atoms with Crippen LogP contribution in [0.3, 0.4) is 0 Å². The molecular weight excluding hydrogens is 188 g/mol. The van der Waals surface area contributed by atoms with Crippen LogP contribution in [0.1, 0.15) is 37.4 Å². The predicted octanol–water partition coefficient (Wildman–Crippen LogP) is 2.20. The fourth-order valence-corrected chi connectivity index (χ4v) is 2.33. The second-order valence-electron chi connectivity index (χ2n) is 4.24. The van der Waals surface area contributed by atoms with E-state index in [-0.39, 0.29) is 0 Å². The lowest BCUT2D eigenvalue weighted by Crippen LogP contribution is -1.94. The number of imidazole rings is 1. The average Bonchev–Trinajstić information content (AvgIpc) is 2.84. The summed E-state index contributed by atoms with van der Waals surface area (Å²) in [5, 5.41) is 0. The molecule has 0 saturated heterocycles. The zero-order valence-corrected chi connectivity index (χ0v) is 8.53. The fraction of sp³-hybridized carbons (Fsp3) is 0.455. The Morgan fingerprint density at radius 1 is 1.33 bits per heavy atom. The van der Waals surface area contributed by atoms with Gasteiger partial charge in [-0.25, -0.2) is 9.97 Å². The summed E-state index contributed by atoms with van der Waals surface area (Å²) in [5.41, 5.74) is 8.10. The molecule has 2 aromatic heterocycles. The number of fused-ring (bicyclic) bond motifs is 1. The van der Waals surface area contributed by atoms with Crippen LogP contribution >= 0.6 is 0 Å². The van der Waals surface area contributed by atoms with E-state index in [9.17, 15) is 0 Å². The lowest BCUT2D eigenvalue weighted by Gasteiger charge is -2.02. The maximum Gasteiger partial charge on any atom is 0.177 e. The van der Waals surface area contributed by atoms with Gasteiger partial charge in [-0.15, -0.1) is 0 Å². The van der Waals surface area contributed by atoms with E-state index in [0.717, 1.165) is 17.0 Å². The molecule has 3 N–H and O–H groups in total. The number of nitrogen functional groups attached to an aromatic ring is 1. The van der Waals surface area contributed by atoms with E-state index >= 15 is 0 Å². The minimum atomic E-state index is 0.598. The second-order valence-corrected chi connectivity index (χ2v) is 4.24. The maximum atomic E-state index is 5.68. The molecule has 78 valence electrons. The van der Waals surface area contributed by atoms with Crippen molar-refractivity contribution in [2.45, 2.75) is 31.6 Å². The molecule has 0 radical (unpaired) electrons. The van der Waals surface area contributed by atoms with Crippen LogP contribution in [0.4, 0.5) is 5.69 Å². The second kappa shape index (κ2) is 3.22. The number of nitrogens with zero attached hydrogens (tertiary/aromatic N) is 2. The van der Waals surface area contributed by atoms with Crippen molar-refractivity contribution in [2.75, 3.05) is 5.73 Å². The number of rotatable bonds is 1. The van der Waals surface area contributed by atoms with Gasteiger partial charge in [-0.2, -0.15) is 0 Å². The molecule has 1 fully saturated rings. The number of pyridine rings is 1. The summed E-state index contributed by atoms with van der Waals surface area (Å²) in [6.45, 7) is 0. The van der Waals surface area contributed by atoms with Crippen LogP contribution in [-0.4, -0.2) is 15.0 Å². The molecule has 1 aliphatic rings. The van der Waals surface area contributed by atoms with Crippen molar-refractivity contribution in [3.05, 3.63) is 18.1 Å². The quantitative estimate of drug-likeness (QED) is 0.744. The van der Waals surface area contributed by atoms with Gasteiger partial charge in [0.2, 0.25) is 0 Å². The summed E-state index contributed by atoms with van der Waals surface area (Å²) in [4.78, 5) is 12.0. The van der Waals surface area contributed by atoms with Crippen LogP contribution in [0.2, 0.25) is 0 Å². The number of anilines is 1. The topological polar surface area (TPSA) is 67.6 Å². The Morgan fingerprint density at radius 3 is 2.93 bits per heavy atom. The van der Waals surface area contributed by atoms with Gasteiger partial charge in [-0.1, -0.05) is 12.8 Å². The standard InChI is InChI=1S/C11H14N4/c12-8-5-9-11(13-6-8)15-10(14-9)7-3-1-2-4-7/h5-7H,1-4,12H2,(H,13,14,15). The summed E-state index contributed by atoms with van der Waals surface area (Å²) >= 11 is 0. The normalized spacial score (nSPS) is 17.6. The Labute approximate surface area is 87.9 Å². The van der Waals surface area contributed by atoms with Gasteiger partial charge >= 0.3 is 0 Å². The summed E-state index contributed by atoms with van der Waals surface area (Å²) in [7, 11) is 0. The van der Waals surface area contributed by atoms with Crippen LogP contribution in [0.25, 0.3) is 11.2 Å². The number of H-pyrrole nitrogens is 1. The molecule has 0 unspecified atom stereocenters. The van der Waals surface area contributed by atoms with Crippen molar-refractivity contribution in [3.63, 3.8) is 0 Å². The molecule has 0 aromatic carbocycles. The highest BCUT2D eigenvalue weighted by Crippen LogP contribution is 2.33. The first kappa shape index (κ1) is 8.71. The molecule has 3 rings (SSSR count). The molecular formula is C11H14N4. The van der Waals surface area contributed by atoms with Gasteiger partial charge in [0.25, 0.3) is 0 Å². The molecule has 0 spiro atoms. The van der Waals surface area contributed by atoms with Crippen LogP contribution in [-0.2, 0) is 0 Å². The first-order valence-electron chi connectivity index (χ1n) is 5.44. The number of hydrogen-bond acceptors (Lipinski definition) is 3. The molecule has 0 amide bonds. The van der Waals surface area contributed by atoms with Crippen LogP contribution in [0.15, 0.2) is 12.3 Å². The molecule has 1 aliphatic carbocycles. The van der Waals surface area contributed by atoms with E-state index in [1.165, 1.54) is 25.7 Å². The number of aromatic amines is 1. The van der Waals surface area contributed by atoms with Crippen molar-refractivity contribution < 1.29 is 0 Å².